The summed E-state index contributed by atoms with van der Waals surface area (Å²) in [6.07, 6.45) is 3.27. The molecule has 2 aromatic rings. The fourth-order valence-corrected chi connectivity index (χ4v) is 3.46. The summed E-state index contributed by atoms with van der Waals surface area (Å²) in [6, 6.07) is 2.58. The molecule has 1 atom stereocenters. The van der Waals surface area contributed by atoms with Gasteiger partial charge in [0.05, 0.1) is 5.39 Å². The predicted octanol–water partition coefficient (Wildman–Crippen LogP) is 3.99. The van der Waals surface area contributed by atoms with Gasteiger partial charge in [-0.3, -0.25) is 0 Å². The summed E-state index contributed by atoms with van der Waals surface area (Å²) >= 11 is 3.59. The highest BCUT2D eigenvalue weighted by molar-refractivity contribution is 7.98. The van der Waals surface area contributed by atoms with Crippen LogP contribution in [0.15, 0.2) is 6.07 Å². The second-order valence-electron chi connectivity index (χ2n) is 4.83. The Hall–Kier alpha value is -1.01. The molecule has 2 rings (SSSR count). The number of thioether (sulfide) groups is 1. The van der Waals surface area contributed by atoms with Crippen molar-refractivity contribution in [2.45, 2.75) is 33.2 Å². The number of hydrogen-bond donors (Lipinski definition) is 2. The zero-order valence-corrected chi connectivity index (χ0v) is 14.1. The van der Waals surface area contributed by atoms with Crippen LogP contribution in [0.25, 0.3) is 10.2 Å². The van der Waals surface area contributed by atoms with Crippen molar-refractivity contribution in [1.82, 2.24) is 9.97 Å². The van der Waals surface area contributed by atoms with Crippen LogP contribution in [0.5, 0.6) is 0 Å². The largest absolute Gasteiger partial charge is 0.367 e. The molecule has 2 aromatic heterocycles. The molecule has 0 aromatic carbocycles. The number of anilines is 2. The van der Waals surface area contributed by atoms with E-state index in [0.717, 1.165) is 34.8 Å². The van der Waals surface area contributed by atoms with Gasteiger partial charge >= 0.3 is 0 Å². The molecule has 6 heteroatoms. The second-order valence-corrected chi connectivity index (χ2v) is 7.05. The molecule has 20 heavy (non-hydrogen) atoms. The van der Waals surface area contributed by atoms with E-state index in [1.54, 1.807) is 11.3 Å². The molecule has 110 valence electrons. The fourth-order valence-electron chi connectivity index (χ4n) is 1.99. The molecule has 0 saturated heterocycles. The first kappa shape index (κ1) is 15.4. The van der Waals surface area contributed by atoms with Crippen LogP contribution in [0.1, 0.15) is 25.1 Å². The van der Waals surface area contributed by atoms with Crippen molar-refractivity contribution in [1.29, 1.82) is 0 Å². The predicted molar refractivity (Wildman–Crippen MR) is 92.4 cm³/mol. The van der Waals surface area contributed by atoms with Crippen molar-refractivity contribution in [2.24, 2.45) is 0 Å². The number of fused-ring (bicyclic) bond motifs is 1. The maximum absolute atomic E-state index is 4.62. The SMILES string of the molecule is CCNc1nc(NC(C)CCSC)c2cc(C)sc2n1. The van der Waals surface area contributed by atoms with Gasteiger partial charge in [-0.05, 0) is 45.3 Å². The van der Waals surface area contributed by atoms with Gasteiger partial charge < -0.3 is 10.6 Å². The van der Waals surface area contributed by atoms with Gasteiger partial charge in [0.1, 0.15) is 10.6 Å². The maximum Gasteiger partial charge on any atom is 0.226 e. The number of rotatable bonds is 7. The molecule has 0 radical (unpaired) electrons. The topological polar surface area (TPSA) is 49.8 Å². The third-order valence-corrected chi connectivity index (χ3v) is 4.58. The third kappa shape index (κ3) is 3.76. The fraction of sp³-hybridized carbons (Fsp3) is 0.571. The Morgan fingerprint density at radius 1 is 1.40 bits per heavy atom. The van der Waals surface area contributed by atoms with Crippen molar-refractivity contribution < 1.29 is 0 Å². The number of nitrogens with zero attached hydrogens (tertiary/aromatic N) is 2. The quantitative estimate of drug-likeness (QED) is 0.810. The summed E-state index contributed by atoms with van der Waals surface area (Å²) in [4.78, 5) is 11.5. The van der Waals surface area contributed by atoms with Crippen LogP contribution in [0.2, 0.25) is 0 Å². The Bertz CT molecular complexity index is 568. The lowest BCUT2D eigenvalue weighted by atomic mass is 10.2. The van der Waals surface area contributed by atoms with E-state index >= 15 is 0 Å². The second kappa shape index (κ2) is 7.13. The molecule has 0 aliphatic carbocycles. The van der Waals surface area contributed by atoms with Gasteiger partial charge in [0.25, 0.3) is 0 Å². The molecular weight excluding hydrogens is 288 g/mol. The Morgan fingerprint density at radius 3 is 2.90 bits per heavy atom. The molecule has 0 fully saturated rings. The highest BCUT2D eigenvalue weighted by Crippen LogP contribution is 2.30. The van der Waals surface area contributed by atoms with Gasteiger partial charge in [0, 0.05) is 17.5 Å². The zero-order valence-electron chi connectivity index (χ0n) is 12.5. The Balaban J connectivity index is 2.28. The highest BCUT2D eigenvalue weighted by atomic mass is 32.2. The van der Waals surface area contributed by atoms with Crippen LogP contribution in [0.4, 0.5) is 11.8 Å². The molecule has 0 amide bonds. The minimum absolute atomic E-state index is 0.412. The van der Waals surface area contributed by atoms with Gasteiger partial charge in [0.2, 0.25) is 5.95 Å². The lowest BCUT2D eigenvalue weighted by molar-refractivity contribution is 0.768. The molecule has 2 N–H and O–H groups in total. The van der Waals surface area contributed by atoms with Gasteiger partial charge in [-0.25, -0.2) is 4.98 Å². The molecule has 0 spiro atoms. The van der Waals surface area contributed by atoms with Crippen molar-refractivity contribution in [2.75, 3.05) is 29.2 Å². The minimum atomic E-state index is 0.412. The zero-order chi connectivity index (χ0) is 14.5. The number of aromatic nitrogens is 2. The standard InChI is InChI=1S/C14H22N4S2/c1-5-15-14-17-12(16-9(2)6-7-19-4)11-8-10(3)20-13(11)18-14/h8-9H,5-7H2,1-4H3,(H2,15,16,17,18). The monoisotopic (exact) mass is 310 g/mol. The van der Waals surface area contributed by atoms with Crippen molar-refractivity contribution in [3.05, 3.63) is 10.9 Å². The van der Waals surface area contributed by atoms with Gasteiger partial charge in [0.15, 0.2) is 0 Å². The third-order valence-electron chi connectivity index (χ3n) is 2.99. The van der Waals surface area contributed by atoms with E-state index in [2.05, 4.69) is 53.7 Å². The van der Waals surface area contributed by atoms with Gasteiger partial charge in [-0.15, -0.1) is 11.3 Å². The first-order valence-electron chi connectivity index (χ1n) is 6.91. The Labute approximate surface area is 128 Å². The van der Waals surface area contributed by atoms with E-state index in [-0.39, 0.29) is 0 Å². The molecule has 0 bridgehead atoms. The number of hydrogen-bond acceptors (Lipinski definition) is 6. The number of thiophene rings is 1. The summed E-state index contributed by atoms with van der Waals surface area (Å²) in [6.45, 7) is 7.20. The molecule has 2 heterocycles. The summed E-state index contributed by atoms with van der Waals surface area (Å²) in [5.41, 5.74) is 0. The van der Waals surface area contributed by atoms with Crippen LogP contribution in [-0.4, -0.2) is 34.6 Å². The smallest absolute Gasteiger partial charge is 0.226 e. The Morgan fingerprint density at radius 2 is 2.20 bits per heavy atom. The summed E-state index contributed by atoms with van der Waals surface area (Å²) in [5.74, 6) is 2.82. The molecular formula is C14H22N4S2. The van der Waals surface area contributed by atoms with Gasteiger partial charge in [-0.1, -0.05) is 0 Å². The molecule has 0 aliphatic rings. The van der Waals surface area contributed by atoms with Crippen LogP contribution in [-0.2, 0) is 0 Å². The van der Waals surface area contributed by atoms with Crippen LogP contribution in [0.3, 0.4) is 0 Å². The first-order valence-corrected chi connectivity index (χ1v) is 9.12. The number of aryl methyl sites for hydroxylation is 1. The van der Waals surface area contributed by atoms with Crippen LogP contribution in [0, 0.1) is 6.92 Å². The van der Waals surface area contributed by atoms with Gasteiger partial charge in [-0.2, -0.15) is 16.7 Å². The lowest BCUT2D eigenvalue weighted by Crippen LogP contribution is -2.17. The van der Waals surface area contributed by atoms with Crippen LogP contribution < -0.4 is 10.6 Å². The molecule has 1 unspecified atom stereocenters. The van der Waals surface area contributed by atoms with E-state index in [1.807, 2.05) is 11.8 Å². The summed E-state index contributed by atoms with van der Waals surface area (Å²) in [5, 5.41) is 7.87. The Kier molecular flexibility index (Phi) is 5.48. The maximum atomic E-state index is 4.62. The molecule has 0 saturated carbocycles. The van der Waals surface area contributed by atoms with E-state index < -0.39 is 0 Å². The first-order chi connectivity index (χ1) is 9.63. The van der Waals surface area contributed by atoms with Crippen molar-refractivity contribution in [3.8, 4) is 0 Å². The van der Waals surface area contributed by atoms with E-state index in [9.17, 15) is 0 Å². The normalized spacial score (nSPS) is 12.6. The van der Waals surface area contributed by atoms with Crippen molar-refractivity contribution >= 4 is 45.1 Å². The summed E-state index contributed by atoms with van der Waals surface area (Å²) in [7, 11) is 0. The van der Waals surface area contributed by atoms with Crippen molar-refractivity contribution in [3.63, 3.8) is 0 Å². The lowest BCUT2D eigenvalue weighted by Gasteiger charge is -2.15. The minimum Gasteiger partial charge on any atom is -0.367 e. The molecule has 4 nitrogen and oxygen atoms in total. The van der Waals surface area contributed by atoms with E-state index in [4.69, 9.17) is 0 Å². The van der Waals surface area contributed by atoms with Crippen LogP contribution >= 0.6 is 23.1 Å². The van der Waals surface area contributed by atoms with E-state index in [1.165, 1.54) is 4.88 Å². The number of nitrogens with one attached hydrogen (secondary N) is 2. The van der Waals surface area contributed by atoms with E-state index in [0.29, 0.717) is 12.0 Å². The average Bonchev–Trinajstić information content (AvgIpc) is 2.77. The average molecular weight is 310 g/mol. The molecule has 0 aliphatic heterocycles. The summed E-state index contributed by atoms with van der Waals surface area (Å²) < 4.78 is 0. The highest BCUT2D eigenvalue weighted by Gasteiger charge is 2.12.